The number of carboxylic acid groups (broad SMARTS) is 1. The Morgan fingerprint density at radius 2 is 1.72 bits per heavy atom. The summed E-state index contributed by atoms with van der Waals surface area (Å²) in [6.45, 7) is 6.20. The van der Waals surface area contributed by atoms with Gasteiger partial charge in [-0.05, 0) is 39.8 Å². The Balaban J connectivity index is 2.45. The molecule has 0 aromatic heterocycles. The second kappa shape index (κ2) is 6.73. The Hall–Kier alpha value is -1.10. The lowest BCUT2D eigenvalue weighted by atomic mass is 9.91. The third-order valence-corrected chi connectivity index (χ3v) is 3.33. The van der Waals surface area contributed by atoms with Gasteiger partial charge in [-0.3, -0.25) is 9.59 Å². The van der Waals surface area contributed by atoms with Crippen molar-refractivity contribution in [3.05, 3.63) is 0 Å². The minimum atomic E-state index is -1.01. The highest BCUT2D eigenvalue weighted by Crippen LogP contribution is 2.20. The molecule has 2 N–H and O–H groups in total. The van der Waals surface area contributed by atoms with Crippen LogP contribution in [0.5, 0.6) is 0 Å². The van der Waals surface area contributed by atoms with Gasteiger partial charge in [-0.1, -0.05) is 12.8 Å². The van der Waals surface area contributed by atoms with Gasteiger partial charge in [-0.25, -0.2) is 0 Å². The average Bonchev–Trinajstić information content (AvgIpc) is 2.53. The summed E-state index contributed by atoms with van der Waals surface area (Å²) in [6.07, 6.45) is 4.91. The molecule has 1 heterocycles. The van der Waals surface area contributed by atoms with E-state index >= 15 is 0 Å². The van der Waals surface area contributed by atoms with Crippen molar-refractivity contribution >= 4 is 11.9 Å². The highest BCUT2D eigenvalue weighted by molar-refractivity contribution is 5.85. The van der Waals surface area contributed by atoms with Crippen LogP contribution in [0.25, 0.3) is 0 Å². The van der Waals surface area contributed by atoms with Crippen LogP contribution < -0.4 is 5.32 Å². The molecule has 1 rings (SSSR count). The molecule has 18 heavy (non-hydrogen) atoms. The van der Waals surface area contributed by atoms with Crippen LogP contribution in [0.15, 0.2) is 0 Å². The largest absolute Gasteiger partial charge is 0.480 e. The lowest BCUT2D eigenvalue weighted by molar-refractivity contribution is -0.139. The molecule has 1 fully saturated rings. The van der Waals surface area contributed by atoms with E-state index in [0.717, 1.165) is 13.1 Å². The fraction of sp³-hybridized carbons (Fsp3) is 0.846. The molecule has 5 heteroatoms. The second-order valence-corrected chi connectivity index (χ2v) is 5.65. The smallest absolute Gasteiger partial charge is 0.322 e. The standard InChI is InChI=1S/C13H24N2O3/c1-13(2,12(18)14-9-11(16)17)10-15-7-5-3-4-6-8-15/h3-10H2,1-2H3,(H,14,18)(H,16,17). The van der Waals surface area contributed by atoms with Crippen molar-refractivity contribution in [2.75, 3.05) is 26.2 Å². The zero-order valence-electron chi connectivity index (χ0n) is 11.4. The Morgan fingerprint density at radius 3 is 2.22 bits per heavy atom. The van der Waals surface area contributed by atoms with E-state index in [1.807, 2.05) is 13.8 Å². The summed E-state index contributed by atoms with van der Waals surface area (Å²) in [5.74, 6) is -1.19. The molecule has 0 aromatic rings. The number of carboxylic acids is 1. The van der Waals surface area contributed by atoms with Gasteiger partial charge < -0.3 is 15.3 Å². The number of carbonyl (C=O) groups excluding carboxylic acids is 1. The van der Waals surface area contributed by atoms with Crippen molar-refractivity contribution in [3.8, 4) is 0 Å². The van der Waals surface area contributed by atoms with Gasteiger partial charge in [0.15, 0.2) is 0 Å². The van der Waals surface area contributed by atoms with Gasteiger partial charge >= 0.3 is 5.97 Å². The molecule has 104 valence electrons. The molecule has 0 bridgehead atoms. The Labute approximate surface area is 109 Å². The van der Waals surface area contributed by atoms with Crippen LogP contribution in [0.2, 0.25) is 0 Å². The van der Waals surface area contributed by atoms with Crippen LogP contribution >= 0.6 is 0 Å². The number of likely N-dealkylation sites (tertiary alicyclic amines) is 1. The molecule has 0 atom stereocenters. The van der Waals surface area contributed by atoms with Crippen LogP contribution in [-0.2, 0) is 9.59 Å². The molecule has 0 spiro atoms. The van der Waals surface area contributed by atoms with Gasteiger partial charge in [-0.15, -0.1) is 0 Å². The maximum Gasteiger partial charge on any atom is 0.322 e. The van der Waals surface area contributed by atoms with Gasteiger partial charge in [0.2, 0.25) is 5.91 Å². The van der Waals surface area contributed by atoms with E-state index < -0.39 is 11.4 Å². The van der Waals surface area contributed by atoms with E-state index in [9.17, 15) is 9.59 Å². The van der Waals surface area contributed by atoms with Gasteiger partial charge in [0.1, 0.15) is 6.54 Å². The molecular weight excluding hydrogens is 232 g/mol. The van der Waals surface area contributed by atoms with Crippen LogP contribution in [0.4, 0.5) is 0 Å². The summed E-state index contributed by atoms with van der Waals surface area (Å²) in [7, 11) is 0. The Bertz CT molecular complexity index is 295. The van der Waals surface area contributed by atoms with Crippen molar-refractivity contribution in [2.45, 2.75) is 39.5 Å². The molecule has 1 saturated heterocycles. The summed E-state index contributed by atoms with van der Waals surface area (Å²) in [5.41, 5.74) is -0.542. The van der Waals surface area contributed by atoms with Crippen molar-refractivity contribution < 1.29 is 14.7 Å². The molecule has 0 radical (unpaired) electrons. The summed E-state index contributed by atoms with van der Waals surface area (Å²) in [5, 5.41) is 11.0. The predicted molar refractivity (Wildman–Crippen MR) is 69.3 cm³/mol. The van der Waals surface area contributed by atoms with Crippen molar-refractivity contribution in [1.82, 2.24) is 10.2 Å². The van der Waals surface area contributed by atoms with E-state index in [1.54, 1.807) is 0 Å². The van der Waals surface area contributed by atoms with Gasteiger partial charge in [0.25, 0.3) is 0 Å². The number of amides is 1. The highest BCUT2D eigenvalue weighted by atomic mass is 16.4. The van der Waals surface area contributed by atoms with E-state index in [4.69, 9.17) is 5.11 Å². The highest BCUT2D eigenvalue weighted by Gasteiger charge is 2.30. The number of nitrogens with zero attached hydrogens (tertiary/aromatic N) is 1. The zero-order chi connectivity index (χ0) is 13.6. The number of hydrogen-bond donors (Lipinski definition) is 2. The third kappa shape index (κ3) is 5.04. The van der Waals surface area contributed by atoms with Crippen LogP contribution in [0.1, 0.15) is 39.5 Å². The molecule has 0 aromatic carbocycles. The second-order valence-electron chi connectivity index (χ2n) is 5.65. The van der Waals surface area contributed by atoms with Crippen molar-refractivity contribution in [3.63, 3.8) is 0 Å². The van der Waals surface area contributed by atoms with Gasteiger partial charge in [0.05, 0.1) is 5.41 Å². The van der Waals surface area contributed by atoms with Crippen LogP contribution in [0.3, 0.4) is 0 Å². The predicted octanol–water partition coefficient (Wildman–Crippen LogP) is 1.09. The van der Waals surface area contributed by atoms with Gasteiger partial charge in [-0.2, -0.15) is 0 Å². The number of aliphatic carboxylic acids is 1. The minimum absolute atomic E-state index is 0.186. The fourth-order valence-electron chi connectivity index (χ4n) is 2.32. The number of carbonyl (C=O) groups is 2. The zero-order valence-corrected chi connectivity index (χ0v) is 11.4. The maximum atomic E-state index is 11.9. The normalized spacial score (nSPS) is 18.1. The first-order chi connectivity index (χ1) is 8.42. The summed E-state index contributed by atoms with van der Waals surface area (Å²) < 4.78 is 0. The summed E-state index contributed by atoms with van der Waals surface area (Å²) >= 11 is 0. The lowest BCUT2D eigenvalue weighted by Crippen LogP contribution is -2.46. The molecule has 5 nitrogen and oxygen atoms in total. The molecule has 0 unspecified atom stereocenters. The molecule has 1 aliphatic rings. The van der Waals surface area contributed by atoms with Crippen molar-refractivity contribution in [1.29, 1.82) is 0 Å². The van der Waals surface area contributed by atoms with E-state index in [0.29, 0.717) is 6.54 Å². The molecule has 1 amide bonds. The van der Waals surface area contributed by atoms with E-state index in [2.05, 4.69) is 10.2 Å². The van der Waals surface area contributed by atoms with Crippen molar-refractivity contribution in [2.24, 2.45) is 5.41 Å². The topological polar surface area (TPSA) is 69.6 Å². The number of rotatable bonds is 5. The summed E-state index contributed by atoms with van der Waals surface area (Å²) in [4.78, 5) is 24.7. The first-order valence-electron chi connectivity index (χ1n) is 6.64. The van der Waals surface area contributed by atoms with E-state index in [-0.39, 0.29) is 12.5 Å². The fourth-order valence-corrected chi connectivity index (χ4v) is 2.32. The molecule has 0 saturated carbocycles. The maximum absolute atomic E-state index is 11.9. The monoisotopic (exact) mass is 256 g/mol. The number of hydrogen-bond acceptors (Lipinski definition) is 3. The quantitative estimate of drug-likeness (QED) is 0.772. The Kier molecular flexibility index (Phi) is 5.59. The molecule has 0 aliphatic carbocycles. The van der Waals surface area contributed by atoms with Crippen LogP contribution in [-0.4, -0.2) is 48.1 Å². The van der Waals surface area contributed by atoms with Gasteiger partial charge in [0, 0.05) is 6.54 Å². The Morgan fingerprint density at radius 1 is 1.17 bits per heavy atom. The average molecular weight is 256 g/mol. The molecular formula is C13H24N2O3. The first kappa shape index (κ1) is 15.0. The minimum Gasteiger partial charge on any atom is -0.480 e. The summed E-state index contributed by atoms with van der Waals surface area (Å²) in [6, 6.07) is 0. The van der Waals surface area contributed by atoms with Crippen LogP contribution in [0, 0.1) is 5.41 Å². The first-order valence-corrected chi connectivity index (χ1v) is 6.64. The lowest BCUT2D eigenvalue weighted by Gasteiger charge is -2.30. The third-order valence-electron chi connectivity index (χ3n) is 3.33. The molecule has 1 aliphatic heterocycles. The SMILES string of the molecule is CC(C)(CN1CCCCCC1)C(=O)NCC(=O)O. The number of nitrogens with one attached hydrogen (secondary N) is 1. The van der Waals surface area contributed by atoms with E-state index in [1.165, 1.54) is 25.7 Å².